The number of carbonyl (C=O) groups is 1. The second-order valence-corrected chi connectivity index (χ2v) is 9.42. The highest BCUT2D eigenvalue weighted by atomic mass is 19.3. The number of unbranched alkanes of at least 4 members (excludes halogenated alkanes) is 2. The summed E-state index contributed by atoms with van der Waals surface area (Å²) in [5, 5.41) is 29.7. The van der Waals surface area contributed by atoms with Gasteiger partial charge in [-0.1, -0.05) is 55.8 Å². The number of hydrogen-bond acceptors (Lipinski definition) is 4. The van der Waals surface area contributed by atoms with E-state index < -0.39 is 24.1 Å². The SMILES string of the molecule is CCCCC(F)(F)C(O)CC[C@@H]1[C@@H](C/C=C\CCCC(=O)O)[C@@H](O)C[C@H]1OCc1ccccc1. The monoisotopic (exact) mass is 482 g/mol. The van der Waals surface area contributed by atoms with E-state index in [2.05, 4.69) is 0 Å². The fourth-order valence-corrected chi connectivity index (χ4v) is 4.73. The van der Waals surface area contributed by atoms with Crippen LogP contribution in [0.1, 0.15) is 76.7 Å². The third kappa shape index (κ3) is 9.43. The van der Waals surface area contributed by atoms with Crippen molar-refractivity contribution >= 4 is 5.97 Å². The minimum Gasteiger partial charge on any atom is -0.481 e. The average Bonchev–Trinajstić information content (AvgIpc) is 3.11. The molecule has 0 amide bonds. The molecule has 3 N–H and O–H groups in total. The second-order valence-electron chi connectivity index (χ2n) is 9.42. The Labute approximate surface area is 201 Å². The van der Waals surface area contributed by atoms with Crippen molar-refractivity contribution in [2.75, 3.05) is 0 Å². The maximum absolute atomic E-state index is 14.3. The highest BCUT2D eigenvalue weighted by molar-refractivity contribution is 5.66. The van der Waals surface area contributed by atoms with Crippen LogP contribution in [-0.4, -0.2) is 45.5 Å². The smallest absolute Gasteiger partial charge is 0.303 e. The van der Waals surface area contributed by atoms with Crippen LogP contribution < -0.4 is 0 Å². The van der Waals surface area contributed by atoms with Crippen LogP contribution in [0.4, 0.5) is 8.78 Å². The first kappa shape index (κ1) is 28.4. The Kier molecular flexibility index (Phi) is 12.2. The molecule has 192 valence electrons. The molecule has 1 aliphatic carbocycles. The molecular formula is C27H40F2O5. The van der Waals surface area contributed by atoms with E-state index in [0.29, 0.717) is 51.6 Å². The second kappa shape index (κ2) is 14.5. The topological polar surface area (TPSA) is 87.0 Å². The molecule has 0 heterocycles. The van der Waals surface area contributed by atoms with E-state index in [9.17, 15) is 23.8 Å². The summed E-state index contributed by atoms with van der Waals surface area (Å²) in [6.45, 7) is 2.22. The maximum Gasteiger partial charge on any atom is 0.303 e. The minimum atomic E-state index is -3.12. The third-order valence-corrected chi connectivity index (χ3v) is 6.76. The molecule has 7 heteroatoms. The van der Waals surface area contributed by atoms with Gasteiger partial charge in [-0.3, -0.25) is 4.79 Å². The Morgan fingerprint density at radius 2 is 1.94 bits per heavy atom. The fraction of sp³-hybridized carbons (Fsp3) is 0.667. The van der Waals surface area contributed by atoms with Crippen molar-refractivity contribution in [3.63, 3.8) is 0 Å². The van der Waals surface area contributed by atoms with Gasteiger partial charge in [0.25, 0.3) is 5.92 Å². The molecule has 34 heavy (non-hydrogen) atoms. The van der Waals surface area contributed by atoms with Crippen molar-refractivity contribution < 1.29 is 33.6 Å². The van der Waals surface area contributed by atoms with Crippen molar-refractivity contribution in [3.05, 3.63) is 48.0 Å². The summed E-state index contributed by atoms with van der Waals surface area (Å²) in [4.78, 5) is 10.6. The molecule has 0 aromatic heterocycles. The van der Waals surface area contributed by atoms with Gasteiger partial charge in [0.15, 0.2) is 0 Å². The predicted octanol–water partition coefficient (Wildman–Crippen LogP) is 5.74. The van der Waals surface area contributed by atoms with Crippen LogP contribution in [-0.2, 0) is 16.1 Å². The Morgan fingerprint density at radius 3 is 2.62 bits per heavy atom. The molecule has 0 spiro atoms. The van der Waals surface area contributed by atoms with Gasteiger partial charge in [-0.25, -0.2) is 8.78 Å². The number of hydrogen-bond donors (Lipinski definition) is 3. The number of alkyl halides is 2. The summed E-state index contributed by atoms with van der Waals surface area (Å²) in [7, 11) is 0. The number of halogens is 2. The highest BCUT2D eigenvalue weighted by Crippen LogP contribution is 2.41. The third-order valence-electron chi connectivity index (χ3n) is 6.76. The molecule has 1 aliphatic rings. The van der Waals surface area contributed by atoms with Gasteiger partial charge in [0.2, 0.25) is 0 Å². The molecular weight excluding hydrogens is 442 g/mol. The number of carboxylic acid groups (broad SMARTS) is 1. The molecule has 1 aromatic rings. The van der Waals surface area contributed by atoms with Gasteiger partial charge in [-0.05, 0) is 55.9 Å². The van der Waals surface area contributed by atoms with Crippen LogP contribution in [0.3, 0.4) is 0 Å². The Morgan fingerprint density at radius 1 is 1.21 bits per heavy atom. The van der Waals surface area contributed by atoms with Crippen LogP contribution in [0.2, 0.25) is 0 Å². The lowest BCUT2D eigenvalue weighted by Gasteiger charge is -2.28. The molecule has 1 aromatic carbocycles. The number of aliphatic hydroxyl groups excluding tert-OH is 2. The predicted molar refractivity (Wildman–Crippen MR) is 128 cm³/mol. The van der Waals surface area contributed by atoms with Crippen molar-refractivity contribution in [2.45, 2.75) is 102 Å². The van der Waals surface area contributed by atoms with Gasteiger partial charge in [0.05, 0.1) is 18.8 Å². The van der Waals surface area contributed by atoms with Gasteiger partial charge >= 0.3 is 5.97 Å². The number of rotatable bonds is 16. The van der Waals surface area contributed by atoms with E-state index in [0.717, 1.165) is 5.56 Å². The summed E-state index contributed by atoms with van der Waals surface area (Å²) in [6.07, 6.45) is 4.51. The van der Waals surface area contributed by atoms with Crippen LogP contribution in [0.25, 0.3) is 0 Å². The highest BCUT2D eigenvalue weighted by Gasteiger charge is 2.44. The minimum absolute atomic E-state index is 0.0435. The Bertz CT molecular complexity index is 740. The molecule has 5 nitrogen and oxygen atoms in total. The summed E-state index contributed by atoms with van der Waals surface area (Å²) in [5.41, 5.74) is 1.00. The lowest BCUT2D eigenvalue weighted by molar-refractivity contribution is -0.137. The van der Waals surface area contributed by atoms with Gasteiger partial charge in [0, 0.05) is 19.3 Å². The van der Waals surface area contributed by atoms with E-state index >= 15 is 0 Å². The molecule has 1 saturated carbocycles. The first-order valence-electron chi connectivity index (χ1n) is 12.5. The number of carboxylic acids is 1. The molecule has 5 atom stereocenters. The Balaban J connectivity index is 2.01. The Hall–Kier alpha value is -1.83. The number of ether oxygens (including phenoxy) is 1. The molecule has 0 bridgehead atoms. The number of allylic oxidation sites excluding steroid dienone is 2. The number of aliphatic carboxylic acids is 1. The van der Waals surface area contributed by atoms with Gasteiger partial charge in [-0.2, -0.15) is 0 Å². The molecule has 0 radical (unpaired) electrons. The molecule has 2 rings (SSSR count). The first-order valence-corrected chi connectivity index (χ1v) is 12.5. The standard InChI is InChI=1S/C27H40F2O5/c1-2-3-17-27(28,29)25(31)16-15-22-21(13-9-4-5-10-14-26(32)33)23(30)18-24(22)34-19-20-11-7-6-8-12-20/h4,6-9,11-12,21-25,30-31H,2-3,5,10,13-19H2,1H3,(H,32,33)/b9-4-/t21-,22-,23+,24-,25?/m1/s1. The van der Waals surface area contributed by atoms with Crippen LogP contribution in [0, 0.1) is 11.8 Å². The average molecular weight is 483 g/mol. The van der Waals surface area contributed by atoms with Crippen molar-refractivity contribution in [1.82, 2.24) is 0 Å². The lowest BCUT2D eigenvalue weighted by atomic mass is 9.85. The van der Waals surface area contributed by atoms with Crippen molar-refractivity contribution in [1.29, 1.82) is 0 Å². The summed E-state index contributed by atoms with van der Waals surface area (Å²) >= 11 is 0. The van der Waals surface area contributed by atoms with Crippen LogP contribution in [0.15, 0.2) is 42.5 Å². The molecule has 1 unspecified atom stereocenters. The van der Waals surface area contributed by atoms with E-state index in [-0.39, 0.29) is 37.2 Å². The van der Waals surface area contributed by atoms with Gasteiger partial charge in [0.1, 0.15) is 6.10 Å². The quantitative estimate of drug-likeness (QED) is 0.207. The fourth-order valence-electron chi connectivity index (χ4n) is 4.73. The van der Waals surface area contributed by atoms with E-state index in [1.165, 1.54) is 0 Å². The molecule has 1 fully saturated rings. The normalized spacial score (nSPS) is 24.0. The molecule has 0 saturated heterocycles. The zero-order chi connectivity index (χ0) is 25.0. The first-order chi connectivity index (χ1) is 16.2. The summed E-state index contributed by atoms with van der Waals surface area (Å²) in [6, 6.07) is 9.68. The number of aliphatic hydroxyl groups is 2. The summed E-state index contributed by atoms with van der Waals surface area (Å²) < 4.78 is 34.8. The van der Waals surface area contributed by atoms with Gasteiger partial charge < -0.3 is 20.1 Å². The molecule has 0 aliphatic heterocycles. The van der Waals surface area contributed by atoms with E-state index in [1.807, 2.05) is 49.4 Å². The maximum atomic E-state index is 14.3. The zero-order valence-corrected chi connectivity index (χ0v) is 20.1. The van der Waals surface area contributed by atoms with Crippen molar-refractivity contribution in [2.24, 2.45) is 11.8 Å². The largest absolute Gasteiger partial charge is 0.481 e. The van der Waals surface area contributed by atoms with Crippen molar-refractivity contribution in [3.8, 4) is 0 Å². The van der Waals surface area contributed by atoms with Gasteiger partial charge in [-0.15, -0.1) is 0 Å². The summed E-state index contributed by atoms with van der Waals surface area (Å²) in [5.74, 6) is -4.26. The number of benzene rings is 1. The van der Waals surface area contributed by atoms with E-state index in [1.54, 1.807) is 0 Å². The zero-order valence-electron chi connectivity index (χ0n) is 20.1. The van der Waals surface area contributed by atoms with Crippen LogP contribution >= 0.6 is 0 Å². The van der Waals surface area contributed by atoms with Crippen LogP contribution in [0.5, 0.6) is 0 Å². The van der Waals surface area contributed by atoms with E-state index in [4.69, 9.17) is 9.84 Å². The lowest BCUT2D eigenvalue weighted by Crippen LogP contribution is -2.35.